The normalized spacial score (nSPS) is 11.4. The lowest BCUT2D eigenvalue weighted by Crippen LogP contribution is -2.14. The number of nitrogens with zero attached hydrogens (tertiary/aromatic N) is 3. The molecule has 0 spiro atoms. The summed E-state index contributed by atoms with van der Waals surface area (Å²) in [4.78, 5) is 10.0. The molecule has 0 radical (unpaired) electrons. The van der Waals surface area contributed by atoms with E-state index in [2.05, 4.69) is 9.82 Å². The number of non-ortho nitro benzene ring substituents is 1. The second-order valence-electron chi connectivity index (χ2n) is 6.19. The molecule has 1 N–H and O–H groups in total. The molecule has 28 heavy (non-hydrogen) atoms. The Hall–Kier alpha value is -3.27. The molecule has 0 bridgehead atoms. The van der Waals surface area contributed by atoms with E-state index in [1.54, 1.807) is 30.7 Å². The second-order valence-corrected chi connectivity index (χ2v) is 7.87. The van der Waals surface area contributed by atoms with E-state index in [0.717, 1.165) is 12.1 Å². The number of nitro groups is 1. The van der Waals surface area contributed by atoms with Gasteiger partial charge in [-0.2, -0.15) is 5.10 Å². The van der Waals surface area contributed by atoms with E-state index in [1.165, 1.54) is 24.3 Å². The number of hydrogen-bond acceptors (Lipinski definition) is 5. The average molecular weight is 404 g/mol. The van der Waals surface area contributed by atoms with Crippen molar-refractivity contribution in [3.8, 4) is 0 Å². The van der Waals surface area contributed by atoms with Crippen LogP contribution >= 0.6 is 0 Å². The molecule has 1 heterocycles. The Morgan fingerprint density at radius 2 is 1.86 bits per heavy atom. The maximum Gasteiger partial charge on any atom is 0.269 e. The predicted molar refractivity (Wildman–Crippen MR) is 101 cm³/mol. The van der Waals surface area contributed by atoms with Crippen LogP contribution in [0.25, 0.3) is 0 Å². The van der Waals surface area contributed by atoms with Gasteiger partial charge in [0.1, 0.15) is 5.82 Å². The van der Waals surface area contributed by atoms with Crippen LogP contribution in [0.15, 0.2) is 53.4 Å². The van der Waals surface area contributed by atoms with Crippen molar-refractivity contribution in [1.82, 2.24) is 9.78 Å². The molecule has 0 aliphatic heterocycles. The summed E-state index contributed by atoms with van der Waals surface area (Å²) >= 11 is 0. The van der Waals surface area contributed by atoms with Crippen molar-refractivity contribution in [2.75, 3.05) is 4.72 Å². The van der Waals surface area contributed by atoms with Crippen molar-refractivity contribution in [3.05, 3.63) is 81.4 Å². The molecule has 0 aliphatic carbocycles. The molecular weight excluding hydrogens is 387 g/mol. The van der Waals surface area contributed by atoms with Gasteiger partial charge in [-0.1, -0.05) is 12.1 Å². The zero-order valence-electron chi connectivity index (χ0n) is 15.1. The quantitative estimate of drug-likeness (QED) is 0.500. The van der Waals surface area contributed by atoms with Crippen LogP contribution in [0.1, 0.15) is 17.0 Å². The highest BCUT2D eigenvalue weighted by atomic mass is 32.2. The third kappa shape index (κ3) is 4.01. The summed E-state index contributed by atoms with van der Waals surface area (Å²) < 4.78 is 42.7. The highest BCUT2D eigenvalue weighted by Gasteiger charge is 2.21. The van der Waals surface area contributed by atoms with Crippen LogP contribution in [0.4, 0.5) is 15.8 Å². The van der Waals surface area contributed by atoms with Gasteiger partial charge in [0.2, 0.25) is 0 Å². The zero-order valence-corrected chi connectivity index (χ0v) is 15.9. The molecule has 8 nitrogen and oxygen atoms in total. The van der Waals surface area contributed by atoms with Crippen molar-refractivity contribution in [2.45, 2.75) is 25.3 Å². The number of nitro benzene ring substituents is 1. The van der Waals surface area contributed by atoms with E-state index in [1.807, 2.05) is 0 Å². The lowest BCUT2D eigenvalue weighted by Gasteiger charge is -2.09. The van der Waals surface area contributed by atoms with Crippen LogP contribution < -0.4 is 4.72 Å². The summed E-state index contributed by atoms with van der Waals surface area (Å²) in [6.07, 6.45) is 0. The van der Waals surface area contributed by atoms with E-state index in [9.17, 15) is 22.9 Å². The molecule has 3 aromatic rings. The molecule has 0 saturated carbocycles. The Morgan fingerprint density at radius 3 is 2.46 bits per heavy atom. The standard InChI is InChI=1S/C18H17FN4O4S/c1-12-18(13(2)22(20-12)11-14-4-3-5-15(19)10-14)21-28(26,27)17-8-6-16(7-9-17)23(24)25/h3-10,21H,11H2,1-2H3. The smallest absolute Gasteiger partial charge is 0.269 e. The van der Waals surface area contributed by atoms with E-state index < -0.39 is 14.9 Å². The molecule has 0 saturated heterocycles. The van der Waals surface area contributed by atoms with Gasteiger partial charge in [-0.25, -0.2) is 12.8 Å². The summed E-state index contributed by atoms with van der Waals surface area (Å²) in [5.74, 6) is -0.363. The van der Waals surface area contributed by atoms with Gasteiger partial charge >= 0.3 is 0 Å². The minimum absolute atomic E-state index is 0.102. The Balaban J connectivity index is 1.87. The van der Waals surface area contributed by atoms with E-state index in [4.69, 9.17) is 0 Å². The first kappa shape index (κ1) is 19.5. The maximum absolute atomic E-state index is 13.4. The largest absolute Gasteiger partial charge is 0.276 e. The van der Waals surface area contributed by atoms with Crippen molar-refractivity contribution in [2.24, 2.45) is 0 Å². The summed E-state index contributed by atoms with van der Waals surface area (Å²) in [6, 6.07) is 10.7. The molecule has 2 aromatic carbocycles. The Kier molecular flexibility index (Phi) is 5.14. The molecule has 0 amide bonds. The third-order valence-corrected chi connectivity index (χ3v) is 5.56. The summed E-state index contributed by atoms with van der Waals surface area (Å²) in [5, 5.41) is 15.1. The number of anilines is 1. The van der Waals surface area contributed by atoms with Crippen LogP contribution in [-0.2, 0) is 16.6 Å². The Labute approximate surface area is 160 Å². The van der Waals surface area contributed by atoms with E-state index in [0.29, 0.717) is 22.6 Å². The van der Waals surface area contributed by atoms with Gasteiger partial charge in [0, 0.05) is 12.1 Å². The molecule has 3 rings (SSSR count). The minimum atomic E-state index is -3.95. The molecule has 10 heteroatoms. The van der Waals surface area contributed by atoms with Crippen LogP contribution in [0.2, 0.25) is 0 Å². The van der Waals surface area contributed by atoms with Crippen molar-refractivity contribution >= 4 is 21.4 Å². The first-order valence-electron chi connectivity index (χ1n) is 8.23. The number of aryl methyl sites for hydroxylation is 1. The summed E-state index contributed by atoms with van der Waals surface area (Å²) in [5.41, 5.74) is 1.82. The van der Waals surface area contributed by atoms with E-state index in [-0.39, 0.29) is 22.9 Å². The van der Waals surface area contributed by atoms with Gasteiger partial charge < -0.3 is 0 Å². The second kappa shape index (κ2) is 7.39. The number of halogens is 1. The van der Waals surface area contributed by atoms with Crippen LogP contribution in [0.3, 0.4) is 0 Å². The lowest BCUT2D eigenvalue weighted by molar-refractivity contribution is -0.384. The monoisotopic (exact) mass is 404 g/mol. The van der Waals surface area contributed by atoms with Gasteiger partial charge in [0.15, 0.2) is 0 Å². The van der Waals surface area contributed by atoms with Crippen molar-refractivity contribution in [1.29, 1.82) is 0 Å². The number of sulfonamides is 1. The Morgan fingerprint density at radius 1 is 1.18 bits per heavy atom. The van der Waals surface area contributed by atoms with Gasteiger partial charge in [0.05, 0.1) is 33.4 Å². The first-order chi connectivity index (χ1) is 13.2. The fourth-order valence-electron chi connectivity index (χ4n) is 2.75. The van der Waals surface area contributed by atoms with Gasteiger partial charge in [0.25, 0.3) is 15.7 Å². The van der Waals surface area contributed by atoms with Crippen LogP contribution in [0, 0.1) is 29.8 Å². The van der Waals surface area contributed by atoms with Crippen molar-refractivity contribution < 1.29 is 17.7 Å². The fourth-order valence-corrected chi connectivity index (χ4v) is 3.92. The zero-order chi connectivity index (χ0) is 20.5. The van der Waals surface area contributed by atoms with Crippen LogP contribution in [0.5, 0.6) is 0 Å². The number of rotatable bonds is 6. The number of nitrogens with one attached hydrogen (secondary N) is 1. The molecule has 1 aromatic heterocycles. The maximum atomic E-state index is 13.4. The molecular formula is C18H17FN4O4S. The first-order valence-corrected chi connectivity index (χ1v) is 9.71. The predicted octanol–water partition coefficient (Wildman–Crippen LogP) is 3.40. The molecule has 0 unspecified atom stereocenters. The van der Waals surface area contributed by atoms with Gasteiger partial charge in [-0.15, -0.1) is 0 Å². The lowest BCUT2D eigenvalue weighted by atomic mass is 10.2. The number of hydrogen-bond donors (Lipinski definition) is 1. The van der Waals surface area contributed by atoms with Crippen LogP contribution in [-0.4, -0.2) is 23.1 Å². The molecule has 0 aliphatic rings. The summed E-state index contributed by atoms with van der Waals surface area (Å²) in [6.45, 7) is 3.64. The molecule has 146 valence electrons. The third-order valence-electron chi connectivity index (χ3n) is 4.20. The molecule has 0 atom stereocenters. The topological polar surface area (TPSA) is 107 Å². The van der Waals surface area contributed by atoms with E-state index >= 15 is 0 Å². The van der Waals surface area contributed by atoms with Crippen molar-refractivity contribution in [3.63, 3.8) is 0 Å². The minimum Gasteiger partial charge on any atom is -0.276 e. The van der Waals surface area contributed by atoms with Gasteiger partial charge in [-0.3, -0.25) is 19.5 Å². The van der Waals surface area contributed by atoms with Gasteiger partial charge in [-0.05, 0) is 43.7 Å². The fraction of sp³-hybridized carbons (Fsp3) is 0.167. The molecule has 0 fully saturated rings. The Bertz CT molecular complexity index is 1140. The number of benzene rings is 2. The average Bonchev–Trinajstić information content (AvgIpc) is 2.89. The highest BCUT2D eigenvalue weighted by molar-refractivity contribution is 7.92. The summed E-state index contributed by atoms with van der Waals surface area (Å²) in [7, 11) is -3.95. The SMILES string of the molecule is Cc1nn(Cc2cccc(F)c2)c(C)c1NS(=O)(=O)c1ccc([N+](=O)[O-])cc1. The number of aromatic nitrogens is 2. The highest BCUT2D eigenvalue weighted by Crippen LogP contribution is 2.25.